The molecule has 2 unspecified atom stereocenters. The average molecular weight is 222 g/mol. The fourth-order valence-electron chi connectivity index (χ4n) is 3.80. The third-order valence-corrected chi connectivity index (χ3v) is 4.58. The van der Waals surface area contributed by atoms with E-state index < -0.39 is 0 Å². The first-order chi connectivity index (χ1) is 7.58. The number of carbonyl (C=O) groups excluding carboxylic acids is 1. The lowest BCUT2D eigenvalue weighted by atomic mass is 9.66. The van der Waals surface area contributed by atoms with E-state index in [-0.39, 0.29) is 12.1 Å². The second-order valence-corrected chi connectivity index (χ2v) is 5.42. The van der Waals surface area contributed by atoms with E-state index in [0.717, 1.165) is 6.42 Å². The van der Waals surface area contributed by atoms with E-state index in [1.165, 1.54) is 32.6 Å². The molecule has 0 radical (unpaired) electrons. The third-order valence-electron chi connectivity index (χ3n) is 4.58. The SMILES string of the molecule is C/C=C1/CCC2C(OC(C)=O)CCC[C@]12C. The summed E-state index contributed by atoms with van der Waals surface area (Å²) in [6, 6.07) is 0. The van der Waals surface area contributed by atoms with E-state index in [1.807, 2.05) is 0 Å². The van der Waals surface area contributed by atoms with E-state index in [1.54, 1.807) is 5.57 Å². The van der Waals surface area contributed by atoms with Crippen LogP contribution in [0.1, 0.15) is 52.9 Å². The molecule has 2 fully saturated rings. The minimum Gasteiger partial charge on any atom is -0.462 e. The largest absolute Gasteiger partial charge is 0.462 e. The maximum absolute atomic E-state index is 11.1. The van der Waals surface area contributed by atoms with Crippen molar-refractivity contribution in [1.29, 1.82) is 0 Å². The van der Waals surface area contributed by atoms with Crippen LogP contribution in [0.5, 0.6) is 0 Å². The lowest BCUT2D eigenvalue weighted by molar-refractivity contribution is -0.153. The second-order valence-electron chi connectivity index (χ2n) is 5.42. The van der Waals surface area contributed by atoms with Crippen LogP contribution in [0.4, 0.5) is 0 Å². The van der Waals surface area contributed by atoms with Gasteiger partial charge in [-0.25, -0.2) is 0 Å². The summed E-state index contributed by atoms with van der Waals surface area (Å²) in [7, 11) is 0. The molecule has 2 rings (SSSR count). The third kappa shape index (κ3) is 1.79. The van der Waals surface area contributed by atoms with Gasteiger partial charge in [0, 0.05) is 12.8 Å². The van der Waals surface area contributed by atoms with Crippen LogP contribution < -0.4 is 0 Å². The maximum Gasteiger partial charge on any atom is 0.302 e. The molecule has 0 N–H and O–H groups in total. The molecule has 0 aromatic rings. The normalized spacial score (nSPS) is 40.8. The van der Waals surface area contributed by atoms with Gasteiger partial charge in [0.15, 0.2) is 0 Å². The van der Waals surface area contributed by atoms with Gasteiger partial charge in [-0.15, -0.1) is 0 Å². The van der Waals surface area contributed by atoms with Crippen molar-refractivity contribution in [3.05, 3.63) is 11.6 Å². The lowest BCUT2D eigenvalue weighted by Gasteiger charge is -2.42. The Labute approximate surface area is 98.1 Å². The van der Waals surface area contributed by atoms with Crippen molar-refractivity contribution in [3.63, 3.8) is 0 Å². The number of hydrogen-bond acceptors (Lipinski definition) is 2. The van der Waals surface area contributed by atoms with Crippen LogP contribution in [0.25, 0.3) is 0 Å². The number of carbonyl (C=O) groups is 1. The Bertz CT molecular complexity index is 319. The van der Waals surface area contributed by atoms with Crippen LogP contribution in [-0.2, 0) is 9.53 Å². The molecule has 2 heteroatoms. The highest BCUT2D eigenvalue weighted by atomic mass is 16.5. The summed E-state index contributed by atoms with van der Waals surface area (Å²) in [5.74, 6) is 0.430. The van der Waals surface area contributed by atoms with Gasteiger partial charge < -0.3 is 4.74 Å². The fourth-order valence-corrected chi connectivity index (χ4v) is 3.80. The van der Waals surface area contributed by atoms with Gasteiger partial charge in [-0.1, -0.05) is 18.6 Å². The lowest BCUT2D eigenvalue weighted by Crippen LogP contribution is -2.39. The minimum absolute atomic E-state index is 0.122. The summed E-state index contributed by atoms with van der Waals surface area (Å²) < 4.78 is 5.50. The Kier molecular flexibility index (Phi) is 3.09. The van der Waals surface area contributed by atoms with Gasteiger partial charge >= 0.3 is 5.97 Å². The topological polar surface area (TPSA) is 26.3 Å². The van der Waals surface area contributed by atoms with Gasteiger partial charge in [0.05, 0.1) is 0 Å². The number of esters is 1. The highest BCUT2D eigenvalue weighted by Crippen LogP contribution is 2.55. The number of rotatable bonds is 1. The number of fused-ring (bicyclic) bond motifs is 1. The minimum atomic E-state index is -0.122. The molecule has 2 saturated carbocycles. The van der Waals surface area contributed by atoms with Gasteiger partial charge in [0.25, 0.3) is 0 Å². The Morgan fingerprint density at radius 1 is 1.50 bits per heavy atom. The van der Waals surface area contributed by atoms with Gasteiger partial charge in [-0.05, 0) is 44.4 Å². The molecule has 0 saturated heterocycles. The second kappa shape index (κ2) is 4.23. The first kappa shape index (κ1) is 11.7. The highest BCUT2D eigenvalue weighted by molar-refractivity contribution is 5.66. The van der Waals surface area contributed by atoms with Crippen LogP contribution in [0.3, 0.4) is 0 Å². The van der Waals surface area contributed by atoms with Gasteiger partial charge in [0.2, 0.25) is 0 Å². The van der Waals surface area contributed by atoms with E-state index >= 15 is 0 Å². The zero-order valence-corrected chi connectivity index (χ0v) is 10.6. The van der Waals surface area contributed by atoms with E-state index in [4.69, 9.17) is 4.74 Å². The molecule has 3 atom stereocenters. The van der Waals surface area contributed by atoms with E-state index in [9.17, 15) is 4.79 Å². The number of allylic oxidation sites excluding steroid dienone is 2. The average Bonchev–Trinajstić information content (AvgIpc) is 2.54. The Morgan fingerprint density at radius 2 is 2.25 bits per heavy atom. The Morgan fingerprint density at radius 3 is 2.88 bits per heavy atom. The molecule has 0 aliphatic heterocycles. The Hall–Kier alpha value is -0.790. The molecule has 0 aromatic heterocycles. The van der Waals surface area contributed by atoms with Crippen molar-refractivity contribution in [2.45, 2.75) is 59.0 Å². The quantitative estimate of drug-likeness (QED) is 0.501. The molecule has 90 valence electrons. The molecular weight excluding hydrogens is 200 g/mol. The molecule has 2 aliphatic carbocycles. The predicted octanol–water partition coefficient (Wildman–Crippen LogP) is 3.46. The van der Waals surface area contributed by atoms with Gasteiger partial charge in [-0.3, -0.25) is 4.79 Å². The molecule has 2 aliphatic rings. The monoisotopic (exact) mass is 222 g/mol. The van der Waals surface area contributed by atoms with Crippen molar-refractivity contribution in [1.82, 2.24) is 0 Å². The van der Waals surface area contributed by atoms with Gasteiger partial charge in [-0.2, -0.15) is 0 Å². The predicted molar refractivity (Wildman–Crippen MR) is 64.0 cm³/mol. The summed E-state index contributed by atoms with van der Waals surface area (Å²) in [6.07, 6.45) is 8.31. The molecule has 0 bridgehead atoms. The summed E-state index contributed by atoms with van der Waals surface area (Å²) >= 11 is 0. The smallest absolute Gasteiger partial charge is 0.302 e. The molecule has 0 heterocycles. The summed E-state index contributed by atoms with van der Waals surface area (Å²) in [4.78, 5) is 11.1. The fraction of sp³-hybridized carbons (Fsp3) is 0.786. The molecule has 16 heavy (non-hydrogen) atoms. The number of ether oxygens (including phenoxy) is 1. The molecule has 2 nitrogen and oxygen atoms in total. The first-order valence-electron chi connectivity index (χ1n) is 6.41. The Balaban J connectivity index is 2.19. The van der Waals surface area contributed by atoms with E-state index in [2.05, 4.69) is 19.9 Å². The van der Waals surface area contributed by atoms with Crippen molar-refractivity contribution in [2.75, 3.05) is 0 Å². The van der Waals surface area contributed by atoms with Crippen LogP contribution in [-0.4, -0.2) is 12.1 Å². The van der Waals surface area contributed by atoms with Crippen molar-refractivity contribution in [2.24, 2.45) is 11.3 Å². The van der Waals surface area contributed by atoms with Crippen molar-refractivity contribution < 1.29 is 9.53 Å². The highest BCUT2D eigenvalue weighted by Gasteiger charge is 2.49. The summed E-state index contributed by atoms with van der Waals surface area (Å²) in [6.45, 7) is 6.02. The molecule has 0 aromatic carbocycles. The first-order valence-corrected chi connectivity index (χ1v) is 6.41. The zero-order valence-electron chi connectivity index (χ0n) is 10.6. The zero-order chi connectivity index (χ0) is 11.8. The maximum atomic E-state index is 11.1. The van der Waals surface area contributed by atoms with E-state index in [0.29, 0.717) is 11.3 Å². The number of hydrogen-bond donors (Lipinski definition) is 0. The van der Waals surface area contributed by atoms with Crippen molar-refractivity contribution in [3.8, 4) is 0 Å². The molecular formula is C14H22O2. The molecule has 0 amide bonds. The summed E-state index contributed by atoms with van der Waals surface area (Å²) in [5.41, 5.74) is 1.88. The van der Waals surface area contributed by atoms with Crippen LogP contribution >= 0.6 is 0 Å². The summed E-state index contributed by atoms with van der Waals surface area (Å²) in [5, 5.41) is 0. The standard InChI is InChI=1S/C14H22O2/c1-4-11-7-8-12-13(16-10(2)15)6-5-9-14(11,12)3/h4,12-13H,5-9H2,1-3H3/b11-4-/t12?,13?,14-/m1/s1. The van der Waals surface area contributed by atoms with Gasteiger partial charge in [0.1, 0.15) is 6.10 Å². The molecule has 0 spiro atoms. The van der Waals surface area contributed by atoms with Crippen LogP contribution in [0.2, 0.25) is 0 Å². The van der Waals surface area contributed by atoms with Crippen molar-refractivity contribution >= 4 is 5.97 Å². The van der Waals surface area contributed by atoms with Crippen LogP contribution in [0.15, 0.2) is 11.6 Å². The van der Waals surface area contributed by atoms with Crippen LogP contribution in [0, 0.1) is 11.3 Å².